The van der Waals surface area contributed by atoms with Gasteiger partial charge in [0.15, 0.2) is 0 Å². The van der Waals surface area contributed by atoms with Gasteiger partial charge in [0.05, 0.1) is 11.8 Å². The molecule has 4 nitrogen and oxygen atoms in total. The van der Waals surface area contributed by atoms with Gasteiger partial charge in [-0.05, 0) is 6.42 Å². The second-order valence-electron chi connectivity index (χ2n) is 2.45. The van der Waals surface area contributed by atoms with Crippen molar-refractivity contribution in [2.75, 3.05) is 11.9 Å². The van der Waals surface area contributed by atoms with Gasteiger partial charge in [0.1, 0.15) is 11.9 Å². The first-order valence-corrected chi connectivity index (χ1v) is 3.94. The van der Waals surface area contributed by atoms with Gasteiger partial charge in [-0.3, -0.25) is 0 Å². The van der Waals surface area contributed by atoms with E-state index in [1.165, 1.54) is 6.20 Å². The second-order valence-corrected chi connectivity index (χ2v) is 2.45. The first kappa shape index (κ1) is 9.20. The molecule has 0 atom stereocenters. The average molecular weight is 174 g/mol. The summed E-state index contributed by atoms with van der Waals surface area (Å²) in [6.07, 6.45) is 4.10. The third-order valence-corrected chi connectivity index (χ3v) is 1.44. The summed E-state index contributed by atoms with van der Waals surface area (Å²) in [7, 11) is 0. The van der Waals surface area contributed by atoms with Gasteiger partial charge in [-0.25, -0.2) is 0 Å². The summed E-state index contributed by atoms with van der Waals surface area (Å²) in [5.74, 6) is 0.626. The zero-order chi connectivity index (χ0) is 9.52. The van der Waals surface area contributed by atoms with Crippen LogP contribution in [0.2, 0.25) is 0 Å². The van der Waals surface area contributed by atoms with Crippen molar-refractivity contribution < 1.29 is 0 Å². The Morgan fingerprint density at radius 1 is 1.69 bits per heavy atom. The predicted molar refractivity (Wildman–Crippen MR) is 50.1 cm³/mol. The van der Waals surface area contributed by atoms with E-state index < -0.39 is 0 Å². The van der Waals surface area contributed by atoms with Gasteiger partial charge in [-0.2, -0.15) is 10.4 Å². The molecule has 0 fully saturated rings. The summed E-state index contributed by atoms with van der Waals surface area (Å²) in [6.45, 7) is 4.35. The van der Waals surface area contributed by atoms with Gasteiger partial charge >= 0.3 is 0 Å². The van der Waals surface area contributed by atoms with Gasteiger partial charge in [0, 0.05) is 12.6 Å². The van der Waals surface area contributed by atoms with Crippen LogP contribution >= 0.6 is 0 Å². The van der Waals surface area contributed by atoms with Crippen LogP contribution in [0.3, 0.4) is 0 Å². The lowest BCUT2D eigenvalue weighted by Gasteiger charge is -2.01. The number of rotatable bonds is 4. The minimum atomic E-state index is 0.510. The standard InChI is InChI=1S/C9H10N4/c1-2-3-4-11-9-5-8(6-10)7-12-13-9/h2,5,7H,1,3-4H2,(H,11,13). The fourth-order valence-corrected chi connectivity index (χ4v) is 0.817. The van der Waals surface area contributed by atoms with Crippen molar-refractivity contribution in [1.82, 2.24) is 10.2 Å². The normalized spacial score (nSPS) is 8.85. The first-order chi connectivity index (χ1) is 6.36. The number of aromatic nitrogens is 2. The van der Waals surface area contributed by atoms with Gasteiger partial charge < -0.3 is 5.32 Å². The molecule has 0 saturated carbocycles. The van der Waals surface area contributed by atoms with E-state index in [9.17, 15) is 0 Å². The maximum atomic E-state index is 8.57. The highest BCUT2D eigenvalue weighted by Gasteiger charge is 1.95. The Bertz CT molecular complexity index is 327. The van der Waals surface area contributed by atoms with Crippen molar-refractivity contribution >= 4 is 5.82 Å². The van der Waals surface area contributed by atoms with Gasteiger partial charge in [0.2, 0.25) is 0 Å². The van der Waals surface area contributed by atoms with E-state index in [0.29, 0.717) is 11.4 Å². The van der Waals surface area contributed by atoms with Gasteiger partial charge in [0.25, 0.3) is 0 Å². The number of hydrogen-bond acceptors (Lipinski definition) is 4. The highest BCUT2D eigenvalue weighted by molar-refractivity contribution is 5.40. The monoisotopic (exact) mass is 174 g/mol. The van der Waals surface area contributed by atoms with Crippen LogP contribution in [0.25, 0.3) is 0 Å². The summed E-state index contributed by atoms with van der Waals surface area (Å²) in [5.41, 5.74) is 0.510. The molecule has 1 heterocycles. The molecule has 0 amide bonds. The van der Waals surface area contributed by atoms with E-state index in [0.717, 1.165) is 13.0 Å². The third-order valence-electron chi connectivity index (χ3n) is 1.44. The third kappa shape index (κ3) is 2.91. The fourth-order valence-electron chi connectivity index (χ4n) is 0.817. The molecule has 0 unspecified atom stereocenters. The Balaban J connectivity index is 2.57. The SMILES string of the molecule is C=CCCNc1cc(C#N)cnn1. The zero-order valence-electron chi connectivity index (χ0n) is 7.20. The molecule has 4 heteroatoms. The van der Waals surface area contributed by atoms with E-state index in [1.54, 1.807) is 6.07 Å². The van der Waals surface area contributed by atoms with Crippen molar-refractivity contribution in [1.29, 1.82) is 5.26 Å². The quantitative estimate of drug-likeness (QED) is 0.552. The van der Waals surface area contributed by atoms with Crippen molar-refractivity contribution in [3.05, 3.63) is 30.5 Å². The van der Waals surface area contributed by atoms with Crippen LogP contribution in [0, 0.1) is 11.3 Å². The summed E-state index contributed by atoms with van der Waals surface area (Å²) < 4.78 is 0. The van der Waals surface area contributed by atoms with Crippen LogP contribution in [-0.4, -0.2) is 16.7 Å². The summed E-state index contributed by atoms with van der Waals surface area (Å²) in [6, 6.07) is 3.66. The summed E-state index contributed by atoms with van der Waals surface area (Å²) in [4.78, 5) is 0. The van der Waals surface area contributed by atoms with Crippen LogP contribution in [0.5, 0.6) is 0 Å². The average Bonchev–Trinajstić information content (AvgIpc) is 2.19. The first-order valence-electron chi connectivity index (χ1n) is 3.94. The highest BCUT2D eigenvalue weighted by Crippen LogP contribution is 2.02. The van der Waals surface area contributed by atoms with E-state index >= 15 is 0 Å². The molecule has 0 aliphatic heterocycles. The highest BCUT2D eigenvalue weighted by atomic mass is 15.2. The molecule has 0 saturated heterocycles. The topological polar surface area (TPSA) is 61.6 Å². The Hall–Kier alpha value is -1.89. The summed E-state index contributed by atoms with van der Waals surface area (Å²) in [5, 5.41) is 19.1. The molecule has 0 aliphatic carbocycles. The van der Waals surface area contributed by atoms with Crippen LogP contribution in [0.15, 0.2) is 24.9 Å². The molecule has 1 N–H and O–H groups in total. The van der Waals surface area contributed by atoms with Crippen LogP contribution in [-0.2, 0) is 0 Å². The Morgan fingerprint density at radius 2 is 2.54 bits per heavy atom. The lowest BCUT2D eigenvalue weighted by Crippen LogP contribution is -2.03. The lowest BCUT2D eigenvalue weighted by atomic mass is 10.3. The molecule has 1 rings (SSSR count). The molecule has 13 heavy (non-hydrogen) atoms. The molecule has 66 valence electrons. The number of anilines is 1. The van der Waals surface area contributed by atoms with Crippen LogP contribution < -0.4 is 5.32 Å². The molecule has 0 spiro atoms. The van der Waals surface area contributed by atoms with Crippen molar-refractivity contribution in [2.45, 2.75) is 6.42 Å². The Kier molecular flexibility index (Phi) is 3.45. The number of nitrogens with zero attached hydrogens (tertiary/aromatic N) is 3. The maximum absolute atomic E-state index is 8.57. The Labute approximate surface area is 76.9 Å². The van der Waals surface area contributed by atoms with E-state index in [2.05, 4.69) is 22.1 Å². The number of nitrogens with one attached hydrogen (secondary N) is 1. The van der Waals surface area contributed by atoms with Crippen molar-refractivity contribution in [3.63, 3.8) is 0 Å². The predicted octanol–water partition coefficient (Wildman–Crippen LogP) is 1.34. The molecule has 1 aromatic heterocycles. The van der Waals surface area contributed by atoms with E-state index in [4.69, 9.17) is 5.26 Å². The van der Waals surface area contributed by atoms with Gasteiger partial charge in [-0.1, -0.05) is 6.08 Å². The molecule has 0 radical (unpaired) electrons. The van der Waals surface area contributed by atoms with Crippen LogP contribution in [0.1, 0.15) is 12.0 Å². The fraction of sp³-hybridized carbons (Fsp3) is 0.222. The van der Waals surface area contributed by atoms with Crippen molar-refractivity contribution in [3.8, 4) is 6.07 Å². The molecular formula is C9H10N4. The van der Waals surface area contributed by atoms with Crippen LogP contribution in [0.4, 0.5) is 5.82 Å². The Morgan fingerprint density at radius 3 is 3.23 bits per heavy atom. The lowest BCUT2D eigenvalue weighted by molar-refractivity contribution is 0.982. The second kappa shape index (κ2) is 4.88. The molecule has 0 aliphatic rings. The smallest absolute Gasteiger partial charge is 0.149 e. The zero-order valence-corrected chi connectivity index (χ0v) is 7.20. The van der Waals surface area contributed by atoms with Crippen molar-refractivity contribution in [2.24, 2.45) is 0 Å². The molecule has 1 aromatic rings. The molecular weight excluding hydrogens is 164 g/mol. The molecule has 0 bridgehead atoms. The minimum Gasteiger partial charge on any atom is -0.368 e. The number of nitriles is 1. The number of hydrogen-bond donors (Lipinski definition) is 1. The largest absolute Gasteiger partial charge is 0.368 e. The summed E-state index contributed by atoms with van der Waals surface area (Å²) >= 11 is 0. The van der Waals surface area contributed by atoms with Gasteiger partial charge in [-0.15, -0.1) is 11.7 Å². The minimum absolute atomic E-state index is 0.510. The van der Waals surface area contributed by atoms with E-state index in [-0.39, 0.29) is 0 Å². The maximum Gasteiger partial charge on any atom is 0.149 e. The molecule has 0 aromatic carbocycles. The van der Waals surface area contributed by atoms with E-state index in [1.807, 2.05) is 12.1 Å².